The lowest BCUT2D eigenvalue weighted by Crippen LogP contribution is -2.51. The van der Waals surface area contributed by atoms with Gasteiger partial charge in [-0.15, -0.1) is 0 Å². The highest BCUT2D eigenvalue weighted by Gasteiger charge is 2.27. The number of hydrogen-bond acceptors (Lipinski definition) is 3. The topological polar surface area (TPSA) is 58.4 Å². The van der Waals surface area contributed by atoms with E-state index >= 15 is 0 Å². The third-order valence-corrected chi connectivity index (χ3v) is 4.25. The molecule has 0 aromatic carbocycles. The fourth-order valence-corrected chi connectivity index (χ4v) is 2.36. The van der Waals surface area contributed by atoms with Gasteiger partial charge in [-0.2, -0.15) is 0 Å². The monoisotopic (exact) mass is 285 g/mol. The second kappa shape index (κ2) is 10.2. The summed E-state index contributed by atoms with van der Waals surface area (Å²) in [4.78, 5) is 14.0. The molecule has 0 spiro atoms. The maximum Gasteiger partial charge on any atom is 0.237 e. The average Bonchev–Trinajstić information content (AvgIpc) is 2.40. The van der Waals surface area contributed by atoms with Crippen molar-refractivity contribution in [2.75, 3.05) is 20.1 Å². The van der Waals surface area contributed by atoms with Gasteiger partial charge in [0, 0.05) is 6.04 Å². The number of carbonyl (C=O) groups excluding carboxylic acids is 1. The van der Waals surface area contributed by atoms with Crippen LogP contribution in [0.3, 0.4) is 0 Å². The Kier molecular flexibility index (Phi) is 9.86. The van der Waals surface area contributed by atoms with Crippen molar-refractivity contribution in [2.24, 2.45) is 5.73 Å². The van der Waals surface area contributed by atoms with Crippen molar-refractivity contribution in [1.29, 1.82) is 0 Å². The normalized spacial score (nSPS) is 14.8. The van der Waals surface area contributed by atoms with Gasteiger partial charge in [-0.05, 0) is 66.6 Å². The van der Waals surface area contributed by atoms with Crippen LogP contribution in [0.4, 0.5) is 0 Å². The number of carbonyl (C=O) groups is 1. The Bertz CT molecular complexity index is 268. The molecule has 1 unspecified atom stereocenters. The van der Waals surface area contributed by atoms with E-state index in [2.05, 4.69) is 31.0 Å². The van der Waals surface area contributed by atoms with Crippen molar-refractivity contribution in [2.45, 2.75) is 77.8 Å². The summed E-state index contributed by atoms with van der Waals surface area (Å²) < 4.78 is 0. The Labute approximate surface area is 125 Å². The lowest BCUT2D eigenvalue weighted by molar-refractivity contribution is -0.123. The van der Waals surface area contributed by atoms with Crippen LogP contribution < -0.4 is 11.1 Å². The van der Waals surface area contributed by atoms with Gasteiger partial charge < -0.3 is 16.0 Å². The van der Waals surface area contributed by atoms with E-state index in [4.69, 9.17) is 5.73 Å². The molecule has 0 aromatic rings. The summed E-state index contributed by atoms with van der Waals surface area (Å²) in [6, 6.07) is 0.596. The molecule has 0 aromatic heterocycles. The number of nitrogens with zero attached hydrogens (tertiary/aromatic N) is 1. The lowest BCUT2D eigenvalue weighted by Gasteiger charge is -2.28. The first-order valence-electron chi connectivity index (χ1n) is 8.10. The molecule has 1 atom stereocenters. The van der Waals surface area contributed by atoms with E-state index in [1.165, 1.54) is 25.8 Å². The predicted octanol–water partition coefficient (Wildman–Crippen LogP) is 2.52. The van der Waals surface area contributed by atoms with Gasteiger partial charge in [0.2, 0.25) is 5.91 Å². The highest BCUT2D eigenvalue weighted by atomic mass is 16.1. The molecule has 4 nitrogen and oxygen atoms in total. The maximum absolute atomic E-state index is 11.4. The van der Waals surface area contributed by atoms with E-state index in [1.807, 2.05) is 6.92 Å². The molecule has 0 saturated heterocycles. The minimum atomic E-state index is -0.565. The van der Waals surface area contributed by atoms with Crippen LogP contribution in [0.5, 0.6) is 0 Å². The third kappa shape index (κ3) is 7.25. The first-order chi connectivity index (χ1) is 9.37. The summed E-state index contributed by atoms with van der Waals surface area (Å²) in [6.07, 6.45) is 6.81. The Morgan fingerprint density at radius 3 is 2.15 bits per heavy atom. The molecule has 4 heteroatoms. The Morgan fingerprint density at radius 2 is 1.75 bits per heavy atom. The zero-order chi connectivity index (χ0) is 15.6. The molecule has 0 bridgehead atoms. The second-order valence-electron chi connectivity index (χ2n) is 6.24. The van der Waals surface area contributed by atoms with Crippen molar-refractivity contribution in [3.05, 3.63) is 0 Å². The maximum atomic E-state index is 11.4. The van der Waals surface area contributed by atoms with Crippen LogP contribution in [0.2, 0.25) is 0 Å². The number of nitrogens with one attached hydrogen (secondary N) is 1. The average molecular weight is 285 g/mol. The highest BCUT2D eigenvalue weighted by Crippen LogP contribution is 2.14. The molecule has 0 saturated carbocycles. The minimum Gasteiger partial charge on any atom is -0.368 e. The van der Waals surface area contributed by atoms with Crippen LogP contribution in [0.1, 0.15) is 66.2 Å². The van der Waals surface area contributed by atoms with E-state index in [0.717, 1.165) is 25.8 Å². The quantitative estimate of drug-likeness (QED) is 0.542. The summed E-state index contributed by atoms with van der Waals surface area (Å²) in [7, 11) is 1.80. The van der Waals surface area contributed by atoms with Crippen LogP contribution in [0, 0.1) is 0 Å². The Balaban J connectivity index is 4.02. The fraction of sp³-hybridized carbons (Fsp3) is 0.938. The number of hydrogen-bond donors (Lipinski definition) is 2. The van der Waals surface area contributed by atoms with Gasteiger partial charge in [0.25, 0.3) is 0 Å². The summed E-state index contributed by atoms with van der Waals surface area (Å²) in [5.41, 5.74) is 4.88. The number of unbranched alkanes of at least 4 members (excludes halogenated alkanes) is 3. The van der Waals surface area contributed by atoms with Crippen LogP contribution in [-0.2, 0) is 4.79 Å². The van der Waals surface area contributed by atoms with Gasteiger partial charge in [0.05, 0.1) is 5.54 Å². The summed E-state index contributed by atoms with van der Waals surface area (Å²) in [5.74, 6) is -0.260. The Morgan fingerprint density at radius 1 is 1.20 bits per heavy atom. The number of nitrogens with two attached hydrogens (primary N) is 1. The van der Waals surface area contributed by atoms with Gasteiger partial charge in [-0.1, -0.05) is 19.8 Å². The van der Waals surface area contributed by atoms with Crippen LogP contribution in [-0.4, -0.2) is 42.5 Å². The molecule has 120 valence electrons. The van der Waals surface area contributed by atoms with E-state index < -0.39 is 5.54 Å². The van der Waals surface area contributed by atoms with E-state index in [1.54, 1.807) is 7.05 Å². The van der Waals surface area contributed by atoms with Gasteiger partial charge in [0.15, 0.2) is 0 Å². The van der Waals surface area contributed by atoms with Crippen molar-refractivity contribution in [1.82, 2.24) is 10.2 Å². The molecule has 0 radical (unpaired) electrons. The van der Waals surface area contributed by atoms with Crippen LogP contribution in [0.25, 0.3) is 0 Å². The minimum absolute atomic E-state index is 0.260. The van der Waals surface area contributed by atoms with Gasteiger partial charge >= 0.3 is 0 Å². The van der Waals surface area contributed by atoms with Gasteiger partial charge in [-0.25, -0.2) is 0 Å². The molecule has 1 amide bonds. The first-order valence-corrected chi connectivity index (χ1v) is 8.10. The molecular weight excluding hydrogens is 250 g/mol. The largest absolute Gasteiger partial charge is 0.368 e. The van der Waals surface area contributed by atoms with E-state index in [0.29, 0.717) is 6.04 Å². The van der Waals surface area contributed by atoms with Crippen molar-refractivity contribution < 1.29 is 4.79 Å². The van der Waals surface area contributed by atoms with Crippen LogP contribution in [0.15, 0.2) is 0 Å². The molecular formula is C16H35N3O. The first kappa shape index (κ1) is 19.4. The number of rotatable bonds is 12. The molecule has 0 heterocycles. The highest BCUT2D eigenvalue weighted by molar-refractivity contribution is 5.84. The van der Waals surface area contributed by atoms with Crippen molar-refractivity contribution >= 4 is 5.91 Å². The zero-order valence-corrected chi connectivity index (χ0v) is 14.2. The molecule has 0 fully saturated rings. The second-order valence-corrected chi connectivity index (χ2v) is 6.24. The SMILES string of the molecule is CCCCCN(CCCCC(C)(NC)C(N)=O)C(C)C. The smallest absolute Gasteiger partial charge is 0.237 e. The van der Waals surface area contributed by atoms with Crippen LogP contribution >= 0.6 is 0 Å². The molecule has 3 N–H and O–H groups in total. The van der Waals surface area contributed by atoms with Gasteiger partial charge in [0.1, 0.15) is 0 Å². The van der Waals surface area contributed by atoms with E-state index in [-0.39, 0.29) is 5.91 Å². The molecule has 0 aliphatic heterocycles. The molecule has 0 aliphatic carbocycles. The summed E-state index contributed by atoms with van der Waals surface area (Å²) in [6.45, 7) is 10.9. The third-order valence-electron chi connectivity index (χ3n) is 4.25. The number of primary amides is 1. The zero-order valence-electron chi connectivity index (χ0n) is 14.2. The number of amides is 1. The predicted molar refractivity (Wildman–Crippen MR) is 86.7 cm³/mol. The molecule has 0 aliphatic rings. The van der Waals surface area contributed by atoms with Gasteiger partial charge in [-0.3, -0.25) is 4.79 Å². The Hall–Kier alpha value is -0.610. The van der Waals surface area contributed by atoms with Crippen molar-refractivity contribution in [3.63, 3.8) is 0 Å². The standard InChI is InChI=1S/C16H35N3O/c1-6-7-9-12-19(14(2)3)13-10-8-11-16(4,18-5)15(17)20/h14,18H,6-13H2,1-5H3,(H2,17,20). The molecule has 20 heavy (non-hydrogen) atoms. The molecule has 0 rings (SSSR count). The van der Waals surface area contributed by atoms with E-state index in [9.17, 15) is 4.79 Å². The fourth-order valence-electron chi connectivity index (χ4n) is 2.36. The lowest BCUT2D eigenvalue weighted by atomic mass is 9.94. The summed E-state index contributed by atoms with van der Waals surface area (Å²) >= 11 is 0. The van der Waals surface area contributed by atoms with Crippen molar-refractivity contribution in [3.8, 4) is 0 Å². The number of likely N-dealkylation sites (N-methyl/N-ethyl adjacent to an activating group) is 1. The summed E-state index contributed by atoms with van der Waals surface area (Å²) in [5, 5.41) is 3.04.